The number of allylic oxidation sites excluding steroid dienone is 4. The summed E-state index contributed by atoms with van der Waals surface area (Å²) in [4.78, 5) is 0. The van der Waals surface area contributed by atoms with Crippen molar-refractivity contribution in [3.05, 3.63) is 23.3 Å². The maximum absolute atomic E-state index is 5.24. The molecule has 0 N–H and O–H groups in total. The molecule has 0 aromatic heterocycles. The van der Waals surface area contributed by atoms with Crippen LogP contribution in [0.15, 0.2) is 23.3 Å². The van der Waals surface area contributed by atoms with E-state index in [1.165, 1.54) is 17.6 Å². The van der Waals surface area contributed by atoms with Crippen LogP contribution < -0.4 is 0 Å². The third kappa shape index (κ3) is 11.3. The van der Waals surface area contributed by atoms with Gasteiger partial charge in [0.2, 0.25) is 0 Å². The molecule has 0 bridgehead atoms. The van der Waals surface area contributed by atoms with Crippen molar-refractivity contribution in [2.75, 3.05) is 13.2 Å². The van der Waals surface area contributed by atoms with E-state index < -0.39 is 0 Å². The van der Waals surface area contributed by atoms with E-state index in [1.54, 1.807) is 0 Å². The summed E-state index contributed by atoms with van der Waals surface area (Å²) in [5.41, 5.74) is 2.95. The molecule has 0 fully saturated rings. The number of terminal acetylenes is 1. The fourth-order valence-corrected chi connectivity index (χ4v) is 1.68. The molecule has 96 valence electrons. The second kappa shape index (κ2) is 11.5. The van der Waals surface area contributed by atoms with E-state index in [0.29, 0.717) is 6.61 Å². The highest BCUT2D eigenvalue weighted by Gasteiger charge is 1.92. The zero-order valence-corrected chi connectivity index (χ0v) is 11.6. The van der Waals surface area contributed by atoms with Gasteiger partial charge in [0.15, 0.2) is 0 Å². The Labute approximate surface area is 107 Å². The van der Waals surface area contributed by atoms with Gasteiger partial charge in [-0.1, -0.05) is 36.1 Å². The molecule has 0 aliphatic heterocycles. The van der Waals surface area contributed by atoms with Crippen LogP contribution in [0.3, 0.4) is 0 Å². The summed E-state index contributed by atoms with van der Waals surface area (Å²) in [6.45, 7) is 7.79. The van der Waals surface area contributed by atoms with Crippen molar-refractivity contribution in [3.8, 4) is 12.3 Å². The van der Waals surface area contributed by atoms with Crippen LogP contribution in [-0.4, -0.2) is 13.2 Å². The number of hydrogen-bond acceptors (Lipinski definition) is 1. The van der Waals surface area contributed by atoms with Crippen molar-refractivity contribution in [2.24, 2.45) is 0 Å². The first kappa shape index (κ1) is 16.0. The summed E-state index contributed by atoms with van der Waals surface area (Å²) >= 11 is 0. The molecule has 0 spiro atoms. The monoisotopic (exact) mass is 234 g/mol. The molecule has 0 atom stereocenters. The predicted octanol–water partition coefficient (Wildman–Crippen LogP) is 4.50. The Balaban J connectivity index is 3.58. The molecule has 0 saturated heterocycles. The molecule has 1 nitrogen and oxygen atoms in total. The minimum Gasteiger partial charge on any atom is -0.369 e. The van der Waals surface area contributed by atoms with Crippen LogP contribution in [0.4, 0.5) is 0 Å². The Bertz CT molecular complexity index is 278. The van der Waals surface area contributed by atoms with E-state index in [0.717, 1.165) is 32.3 Å². The van der Waals surface area contributed by atoms with Gasteiger partial charge in [-0.2, -0.15) is 0 Å². The largest absolute Gasteiger partial charge is 0.369 e. The van der Waals surface area contributed by atoms with E-state index in [4.69, 9.17) is 11.2 Å². The second-order valence-corrected chi connectivity index (χ2v) is 4.41. The van der Waals surface area contributed by atoms with E-state index in [-0.39, 0.29) is 0 Å². The van der Waals surface area contributed by atoms with Gasteiger partial charge in [0, 0.05) is 6.61 Å². The third-order valence-electron chi connectivity index (χ3n) is 2.63. The lowest BCUT2D eigenvalue weighted by atomic mass is 10.1. The lowest BCUT2D eigenvalue weighted by Gasteiger charge is -2.02. The van der Waals surface area contributed by atoms with Crippen molar-refractivity contribution >= 4 is 0 Å². The normalized spacial score (nSPS) is 12.6. The first-order valence-electron chi connectivity index (χ1n) is 6.53. The Kier molecular flexibility index (Phi) is 10.8. The first-order valence-corrected chi connectivity index (χ1v) is 6.53. The minimum absolute atomic E-state index is 0.434. The smallest absolute Gasteiger partial charge is 0.107 e. The Morgan fingerprint density at radius 1 is 1.18 bits per heavy atom. The Hall–Kier alpha value is -1.00. The maximum Gasteiger partial charge on any atom is 0.107 e. The van der Waals surface area contributed by atoms with Gasteiger partial charge >= 0.3 is 0 Å². The summed E-state index contributed by atoms with van der Waals surface area (Å²) in [5, 5.41) is 0. The van der Waals surface area contributed by atoms with E-state index in [9.17, 15) is 0 Å². The maximum atomic E-state index is 5.24. The van der Waals surface area contributed by atoms with E-state index >= 15 is 0 Å². The first-order chi connectivity index (χ1) is 8.20. The average molecular weight is 234 g/mol. The predicted molar refractivity (Wildman–Crippen MR) is 75.9 cm³/mol. The summed E-state index contributed by atoms with van der Waals surface area (Å²) in [6, 6.07) is 0. The highest BCUT2D eigenvalue weighted by molar-refractivity contribution is 5.03. The molecule has 17 heavy (non-hydrogen) atoms. The zero-order chi connectivity index (χ0) is 12.9. The average Bonchev–Trinajstić information content (AvgIpc) is 2.29. The highest BCUT2D eigenvalue weighted by atomic mass is 16.5. The quantitative estimate of drug-likeness (QED) is 0.324. The van der Waals surface area contributed by atoms with Gasteiger partial charge in [0.25, 0.3) is 0 Å². The molecule has 0 aromatic rings. The summed E-state index contributed by atoms with van der Waals surface area (Å²) in [5.74, 6) is 2.47. The molecule has 0 saturated carbocycles. The van der Waals surface area contributed by atoms with Crippen LogP contribution in [0.2, 0.25) is 0 Å². The lowest BCUT2D eigenvalue weighted by molar-refractivity contribution is 0.164. The molecular formula is C16H26O. The molecule has 0 aliphatic rings. The Morgan fingerprint density at radius 2 is 1.88 bits per heavy atom. The standard InChI is InChI=1S/C16H26O/c1-5-9-15(3)10-7-11-16(4)12-8-14-17-13-6-2/h2,9,11H,5,7-8,10,12-14H2,1,3-4H3/b15-9+,16-11+. The minimum atomic E-state index is 0.434. The molecule has 0 radical (unpaired) electrons. The van der Waals surface area contributed by atoms with Crippen LogP contribution in [0.1, 0.15) is 52.9 Å². The highest BCUT2D eigenvalue weighted by Crippen LogP contribution is 2.10. The van der Waals surface area contributed by atoms with Crippen molar-refractivity contribution in [1.29, 1.82) is 0 Å². The van der Waals surface area contributed by atoms with Crippen LogP contribution >= 0.6 is 0 Å². The van der Waals surface area contributed by atoms with Gasteiger partial charge in [-0.25, -0.2) is 0 Å². The lowest BCUT2D eigenvalue weighted by Crippen LogP contribution is -1.94. The van der Waals surface area contributed by atoms with Crippen LogP contribution in [-0.2, 0) is 4.74 Å². The molecule has 0 amide bonds. The molecular weight excluding hydrogens is 208 g/mol. The van der Waals surface area contributed by atoms with Crippen LogP contribution in [0.25, 0.3) is 0 Å². The SMILES string of the molecule is C#CCOCCC/C(C)=C/CC/C(C)=C/CC. The van der Waals surface area contributed by atoms with Gasteiger partial charge in [-0.05, 0) is 46.0 Å². The molecule has 0 rings (SSSR count). The van der Waals surface area contributed by atoms with Gasteiger partial charge < -0.3 is 4.74 Å². The van der Waals surface area contributed by atoms with Crippen molar-refractivity contribution < 1.29 is 4.74 Å². The van der Waals surface area contributed by atoms with E-state index in [2.05, 4.69) is 38.8 Å². The zero-order valence-electron chi connectivity index (χ0n) is 11.6. The number of hydrogen-bond donors (Lipinski definition) is 0. The van der Waals surface area contributed by atoms with Crippen LogP contribution in [0, 0.1) is 12.3 Å². The molecule has 0 heterocycles. The fraction of sp³-hybridized carbons (Fsp3) is 0.625. The van der Waals surface area contributed by atoms with Gasteiger partial charge in [-0.15, -0.1) is 6.42 Å². The van der Waals surface area contributed by atoms with E-state index in [1.807, 2.05) is 0 Å². The van der Waals surface area contributed by atoms with Gasteiger partial charge in [-0.3, -0.25) is 0 Å². The fourth-order valence-electron chi connectivity index (χ4n) is 1.68. The van der Waals surface area contributed by atoms with Crippen molar-refractivity contribution in [3.63, 3.8) is 0 Å². The van der Waals surface area contributed by atoms with Gasteiger partial charge in [0.1, 0.15) is 6.61 Å². The summed E-state index contributed by atoms with van der Waals surface area (Å²) in [6.07, 6.45) is 15.4. The Morgan fingerprint density at radius 3 is 2.53 bits per heavy atom. The van der Waals surface area contributed by atoms with Gasteiger partial charge in [0.05, 0.1) is 0 Å². The van der Waals surface area contributed by atoms with Crippen LogP contribution in [0.5, 0.6) is 0 Å². The van der Waals surface area contributed by atoms with Crippen molar-refractivity contribution in [1.82, 2.24) is 0 Å². The molecule has 0 aromatic carbocycles. The molecule has 1 heteroatoms. The molecule has 0 unspecified atom stereocenters. The second-order valence-electron chi connectivity index (χ2n) is 4.41. The summed E-state index contributed by atoms with van der Waals surface area (Å²) < 4.78 is 5.24. The topological polar surface area (TPSA) is 9.23 Å². The number of rotatable bonds is 9. The number of ether oxygens (including phenoxy) is 1. The van der Waals surface area contributed by atoms with Crippen molar-refractivity contribution in [2.45, 2.75) is 52.9 Å². The summed E-state index contributed by atoms with van der Waals surface area (Å²) in [7, 11) is 0. The third-order valence-corrected chi connectivity index (χ3v) is 2.63. The molecule has 0 aliphatic carbocycles.